The number of nitrogens with one attached hydrogen (secondary N) is 1. The second kappa shape index (κ2) is 4.96. The molecule has 0 saturated heterocycles. The Kier molecular flexibility index (Phi) is 3.00. The van der Waals surface area contributed by atoms with E-state index in [1.165, 1.54) is 6.26 Å². The third-order valence-corrected chi connectivity index (χ3v) is 2.81. The minimum Gasteiger partial charge on any atom is -0.476 e. The Hall–Kier alpha value is -2.96. The predicted octanol–water partition coefficient (Wildman–Crippen LogP) is 1.93. The Morgan fingerprint density at radius 3 is 2.85 bits per heavy atom. The Balaban J connectivity index is 2.05. The molecule has 2 heterocycles. The highest BCUT2D eigenvalue weighted by Crippen LogP contribution is 2.24. The normalized spacial score (nSPS) is 10.6. The van der Waals surface area contributed by atoms with Crippen LogP contribution in [0.2, 0.25) is 0 Å². The van der Waals surface area contributed by atoms with Crippen LogP contribution in [0.3, 0.4) is 0 Å². The van der Waals surface area contributed by atoms with E-state index in [0.717, 1.165) is 0 Å². The van der Waals surface area contributed by atoms with E-state index in [9.17, 15) is 9.90 Å². The largest absolute Gasteiger partial charge is 0.476 e. The summed E-state index contributed by atoms with van der Waals surface area (Å²) in [4.78, 5) is 11.3. The summed E-state index contributed by atoms with van der Waals surface area (Å²) in [5.74, 6) is -1.13. The molecule has 7 heteroatoms. The summed E-state index contributed by atoms with van der Waals surface area (Å²) in [6, 6.07) is 8.90. The summed E-state index contributed by atoms with van der Waals surface area (Å²) in [7, 11) is 0. The number of aromatic nitrogens is 3. The van der Waals surface area contributed by atoms with Crippen LogP contribution >= 0.6 is 0 Å². The molecule has 0 fully saturated rings. The van der Waals surface area contributed by atoms with Gasteiger partial charge in [-0.2, -0.15) is 0 Å². The van der Waals surface area contributed by atoms with Crippen LogP contribution in [-0.4, -0.2) is 26.4 Å². The third-order valence-electron chi connectivity index (χ3n) is 2.81. The van der Waals surface area contributed by atoms with Crippen molar-refractivity contribution in [1.82, 2.24) is 15.4 Å². The number of nitrogens with zero attached hydrogens (tertiary/aromatic N) is 3. The highest BCUT2D eigenvalue weighted by Gasteiger charge is 2.16. The van der Waals surface area contributed by atoms with Crippen molar-refractivity contribution < 1.29 is 14.4 Å². The zero-order chi connectivity index (χ0) is 13.9. The van der Waals surface area contributed by atoms with Crippen molar-refractivity contribution in [2.75, 3.05) is 5.32 Å². The molecule has 7 nitrogen and oxygen atoms in total. The number of aromatic carboxylic acids is 1. The maximum absolute atomic E-state index is 11.3. The number of rotatable bonds is 4. The molecule has 3 rings (SSSR count). The summed E-state index contributed by atoms with van der Waals surface area (Å²) in [5, 5.41) is 24.4. The number of carbonyl (C=O) groups is 1. The first kappa shape index (κ1) is 12.1. The quantitative estimate of drug-likeness (QED) is 0.746. The molecule has 20 heavy (non-hydrogen) atoms. The fourth-order valence-corrected chi connectivity index (χ4v) is 1.89. The van der Waals surface area contributed by atoms with Gasteiger partial charge in [-0.3, -0.25) is 0 Å². The summed E-state index contributed by atoms with van der Waals surface area (Å²) >= 11 is 0. The third kappa shape index (κ3) is 2.16. The summed E-state index contributed by atoms with van der Waals surface area (Å²) < 4.78 is 4.73. The summed E-state index contributed by atoms with van der Waals surface area (Å²) in [6.07, 6.45) is 1.46. The van der Waals surface area contributed by atoms with E-state index in [4.69, 9.17) is 4.52 Å². The average molecular weight is 270 g/mol. The first-order chi connectivity index (χ1) is 9.75. The van der Waals surface area contributed by atoms with Gasteiger partial charge in [-0.05, 0) is 6.07 Å². The molecule has 0 aliphatic rings. The van der Waals surface area contributed by atoms with Gasteiger partial charge in [0.1, 0.15) is 12.0 Å². The second-order valence-electron chi connectivity index (χ2n) is 4.09. The Morgan fingerprint density at radius 2 is 2.10 bits per heavy atom. The van der Waals surface area contributed by atoms with Crippen LogP contribution in [0.4, 0.5) is 5.69 Å². The lowest BCUT2D eigenvalue weighted by Crippen LogP contribution is -2.10. The lowest BCUT2D eigenvalue weighted by atomic mass is 10.1. The molecule has 0 aliphatic heterocycles. The Morgan fingerprint density at radius 1 is 1.25 bits per heavy atom. The zero-order valence-corrected chi connectivity index (χ0v) is 10.3. The van der Waals surface area contributed by atoms with Crippen molar-refractivity contribution in [3.8, 4) is 0 Å². The highest BCUT2D eigenvalue weighted by molar-refractivity contribution is 6.02. The van der Waals surface area contributed by atoms with E-state index in [1.807, 2.05) is 12.1 Å². The van der Waals surface area contributed by atoms with Gasteiger partial charge in [-0.1, -0.05) is 23.4 Å². The number of carboxylic acid groups (broad SMARTS) is 1. The maximum atomic E-state index is 11.3. The van der Waals surface area contributed by atoms with Crippen LogP contribution in [0, 0.1) is 0 Å². The van der Waals surface area contributed by atoms with E-state index in [-0.39, 0.29) is 5.69 Å². The van der Waals surface area contributed by atoms with E-state index in [1.54, 1.807) is 18.2 Å². The van der Waals surface area contributed by atoms with Gasteiger partial charge in [0.25, 0.3) is 0 Å². The number of hydrogen-bond donors (Lipinski definition) is 2. The first-order valence-corrected chi connectivity index (χ1v) is 5.87. The maximum Gasteiger partial charge on any atom is 0.358 e. The fraction of sp³-hybridized carbons (Fsp3) is 0.0769. The Labute approximate surface area is 113 Å². The SMILES string of the molecule is O=C(O)c1nnc2ccccc2c1NCc1ccon1. The lowest BCUT2D eigenvalue weighted by Gasteiger charge is -2.10. The van der Waals surface area contributed by atoms with Gasteiger partial charge in [-0.25, -0.2) is 4.79 Å². The number of anilines is 1. The molecule has 0 atom stereocenters. The number of hydrogen-bond acceptors (Lipinski definition) is 6. The van der Waals surface area contributed by atoms with E-state index < -0.39 is 5.97 Å². The van der Waals surface area contributed by atoms with E-state index in [2.05, 4.69) is 20.7 Å². The van der Waals surface area contributed by atoms with Gasteiger partial charge in [0.05, 0.1) is 17.7 Å². The minimum atomic E-state index is -1.13. The smallest absolute Gasteiger partial charge is 0.358 e. The number of fused-ring (bicyclic) bond motifs is 1. The highest BCUT2D eigenvalue weighted by atomic mass is 16.5. The molecule has 0 spiro atoms. The minimum absolute atomic E-state index is 0.118. The average Bonchev–Trinajstić information content (AvgIpc) is 2.97. The van der Waals surface area contributed by atoms with Gasteiger partial charge in [0.15, 0.2) is 5.69 Å². The van der Waals surface area contributed by atoms with Crippen LogP contribution < -0.4 is 5.32 Å². The molecule has 3 aromatic rings. The molecular formula is C13H10N4O3. The van der Waals surface area contributed by atoms with Gasteiger partial charge in [-0.15, -0.1) is 10.2 Å². The molecular weight excluding hydrogens is 260 g/mol. The van der Waals surface area contributed by atoms with Gasteiger partial charge >= 0.3 is 5.97 Å². The van der Waals surface area contributed by atoms with Crippen LogP contribution in [0.5, 0.6) is 0 Å². The summed E-state index contributed by atoms with van der Waals surface area (Å²) in [6.45, 7) is 0.340. The van der Waals surface area contributed by atoms with E-state index in [0.29, 0.717) is 28.8 Å². The van der Waals surface area contributed by atoms with Crippen LogP contribution in [0.25, 0.3) is 10.9 Å². The number of benzene rings is 1. The molecule has 2 aromatic heterocycles. The molecule has 0 radical (unpaired) electrons. The van der Waals surface area contributed by atoms with Crippen LogP contribution in [0.1, 0.15) is 16.2 Å². The van der Waals surface area contributed by atoms with Crippen molar-refractivity contribution in [2.24, 2.45) is 0 Å². The Bertz CT molecular complexity index is 755. The van der Waals surface area contributed by atoms with Gasteiger partial charge < -0.3 is 14.9 Å². The predicted molar refractivity (Wildman–Crippen MR) is 70.3 cm³/mol. The summed E-state index contributed by atoms with van der Waals surface area (Å²) in [5.41, 5.74) is 1.60. The fourth-order valence-electron chi connectivity index (χ4n) is 1.89. The monoisotopic (exact) mass is 270 g/mol. The standard InChI is InChI=1S/C13H10N4O3/c18-13(19)12-11(14-7-8-5-6-20-17-8)9-3-1-2-4-10(9)15-16-12/h1-6H,7H2,(H,14,15)(H,18,19). The molecule has 0 unspecified atom stereocenters. The molecule has 0 saturated carbocycles. The zero-order valence-electron chi connectivity index (χ0n) is 10.3. The first-order valence-electron chi connectivity index (χ1n) is 5.87. The lowest BCUT2D eigenvalue weighted by molar-refractivity contribution is 0.0690. The van der Waals surface area contributed by atoms with Gasteiger partial charge in [0, 0.05) is 11.5 Å². The topological polar surface area (TPSA) is 101 Å². The van der Waals surface area contributed by atoms with Crippen LogP contribution in [-0.2, 0) is 6.54 Å². The van der Waals surface area contributed by atoms with E-state index >= 15 is 0 Å². The molecule has 100 valence electrons. The van der Waals surface area contributed by atoms with Crippen molar-refractivity contribution in [2.45, 2.75) is 6.54 Å². The second-order valence-corrected chi connectivity index (χ2v) is 4.09. The van der Waals surface area contributed by atoms with Crippen molar-refractivity contribution >= 4 is 22.6 Å². The van der Waals surface area contributed by atoms with Crippen molar-refractivity contribution in [1.29, 1.82) is 0 Å². The number of carboxylic acids is 1. The molecule has 2 N–H and O–H groups in total. The molecule has 1 aromatic carbocycles. The molecule has 0 bridgehead atoms. The van der Waals surface area contributed by atoms with Gasteiger partial charge in [0.2, 0.25) is 0 Å². The van der Waals surface area contributed by atoms with Crippen molar-refractivity contribution in [3.63, 3.8) is 0 Å². The van der Waals surface area contributed by atoms with Crippen molar-refractivity contribution in [3.05, 3.63) is 48.0 Å². The van der Waals surface area contributed by atoms with Crippen LogP contribution in [0.15, 0.2) is 41.1 Å². The molecule has 0 amide bonds. The molecule has 0 aliphatic carbocycles.